The van der Waals surface area contributed by atoms with Gasteiger partial charge >= 0.3 is 0 Å². The van der Waals surface area contributed by atoms with Gasteiger partial charge in [0.05, 0.1) is 18.2 Å². The van der Waals surface area contributed by atoms with Crippen LogP contribution in [0.15, 0.2) is 84.4 Å². The molecule has 5 heteroatoms. The number of rotatable bonds is 8. The molecule has 3 aromatic carbocycles. The lowest BCUT2D eigenvalue weighted by molar-refractivity contribution is -0.140. The van der Waals surface area contributed by atoms with Gasteiger partial charge in [0.2, 0.25) is 0 Å². The maximum absolute atomic E-state index is 13.2. The van der Waals surface area contributed by atoms with Crippen molar-refractivity contribution >= 4 is 17.4 Å². The molecule has 34 heavy (non-hydrogen) atoms. The fourth-order valence-corrected chi connectivity index (χ4v) is 4.14. The molecule has 1 aliphatic heterocycles. The molecule has 1 atom stereocenters. The lowest BCUT2D eigenvalue weighted by Crippen LogP contribution is -2.29. The van der Waals surface area contributed by atoms with Crippen molar-refractivity contribution in [2.75, 3.05) is 6.61 Å². The number of ketones is 1. The normalized spacial score (nSPS) is 17.2. The zero-order chi connectivity index (χ0) is 24.1. The Hall–Kier alpha value is -3.86. The highest BCUT2D eigenvalue weighted by Gasteiger charge is 2.46. The van der Waals surface area contributed by atoms with Crippen LogP contribution in [0.3, 0.4) is 0 Å². The molecule has 1 saturated heterocycles. The largest absolute Gasteiger partial charge is 0.507 e. The molecule has 0 aliphatic carbocycles. The van der Waals surface area contributed by atoms with Gasteiger partial charge in [0, 0.05) is 12.1 Å². The number of aliphatic hydroxyl groups excluding tert-OH is 1. The van der Waals surface area contributed by atoms with Crippen molar-refractivity contribution in [3.05, 3.63) is 107 Å². The number of hydrogen-bond donors (Lipinski definition) is 1. The Bertz CT molecular complexity index is 1200. The predicted molar refractivity (Wildman–Crippen MR) is 132 cm³/mol. The van der Waals surface area contributed by atoms with Crippen LogP contribution < -0.4 is 4.74 Å². The molecule has 0 bridgehead atoms. The number of likely N-dealkylation sites (tertiary alicyclic amines) is 1. The Morgan fingerprint density at radius 1 is 0.971 bits per heavy atom. The Morgan fingerprint density at radius 3 is 2.41 bits per heavy atom. The summed E-state index contributed by atoms with van der Waals surface area (Å²) in [6, 6.07) is 23.6. The highest BCUT2D eigenvalue weighted by Crippen LogP contribution is 2.40. The first-order chi connectivity index (χ1) is 16.5. The van der Waals surface area contributed by atoms with E-state index >= 15 is 0 Å². The number of Topliss-reactive ketones (excluding diaryl/α,β-unsaturated/α-hetero) is 1. The molecule has 174 valence electrons. The van der Waals surface area contributed by atoms with E-state index < -0.39 is 17.7 Å². The first-order valence-corrected chi connectivity index (χ1v) is 11.6. The lowest BCUT2D eigenvalue weighted by atomic mass is 9.94. The number of benzene rings is 3. The first kappa shape index (κ1) is 23.3. The zero-order valence-electron chi connectivity index (χ0n) is 19.5. The van der Waals surface area contributed by atoms with Crippen molar-refractivity contribution in [2.45, 2.75) is 39.3 Å². The molecular formula is C29H29NO4. The second-order valence-corrected chi connectivity index (χ2v) is 8.55. The number of carbonyl (C=O) groups is 2. The van der Waals surface area contributed by atoms with Crippen LogP contribution in [0.4, 0.5) is 0 Å². The molecular weight excluding hydrogens is 426 g/mol. The summed E-state index contributed by atoms with van der Waals surface area (Å²) < 4.78 is 5.78. The molecule has 1 N–H and O–H groups in total. The molecule has 0 saturated carbocycles. The summed E-state index contributed by atoms with van der Waals surface area (Å²) in [5, 5.41) is 11.3. The van der Waals surface area contributed by atoms with E-state index in [1.165, 1.54) is 4.90 Å². The molecule has 0 spiro atoms. The Morgan fingerprint density at radius 2 is 1.71 bits per heavy atom. The van der Waals surface area contributed by atoms with Gasteiger partial charge in [0.15, 0.2) is 0 Å². The number of ether oxygens (including phenoxy) is 1. The Kier molecular flexibility index (Phi) is 7.12. The van der Waals surface area contributed by atoms with E-state index in [4.69, 9.17) is 4.74 Å². The zero-order valence-corrected chi connectivity index (χ0v) is 19.5. The van der Waals surface area contributed by atoms with Gasteiger partial charge in [-0.1, -0.05) is 85.6 Å². The van der Waals surface area contributed by atoms with Crippen LogP contribution in [0, 0.1) is 6.92 Å². The second-order valence-electron chi connectivity index (χ2n) is 8.55. The van der Waals surface area contributed by atoms with Gasteiger partial charge in [0.1, 0.15) is 11.5 Å². The summed E-state index contributed by atoms with van der Waals surface area (Å²) in [7, 11) is 0. The average Bonchev–Trinajstić information content (AvgIpc) is 3.10. The van der Waals surface area contributed by atoms with Crippen LogP contribution in [0.5, 0.6) is 5.75 Å². The highest BCUT2D eigenvalue weighted by atomic mass is 16.5. The topological polar surface area (TPSA) is 66.8 Å². The molecule has 0 aromatic heterocycles. The van der Waals surface area contributed by atoms with E-state index in [0.717, 1.165) is 29.5 Å². The molecule has 1 heterocycles. The number of hydrogen-bond acceptors (Lipinski definition) is 4. The second kappa shape index (κ2) is 10.4. The third kappa shape index (κ3) is 4.88. The minimum Gasteiger partial charge on any atom is -0.507 e. The molecule has 1 unspecified atom stereocenters. The molecule has 1 fully saturated rings. The fourth-order valence-electron chi connectivity index (χ4n) is 4.14. The number of aliphatic hydroxyl groups is 1. The summed E-state index contributed by atoms with van der Waals surface area (Å²) in [4.78, 5) is 27.9. The molecule has 1 amide bonds. The van der Waals surface area contributed by atoms with Gasteiger partial charge in [-0.3, -0.25) is 9.59 Å². The van der Waals surface area contributed by atoms with Crippen molar-refractivity contribution in [1.29, 1.82) is 0 Å². The first-order valence-electron chi connectivity index (χ1n) is 11.6. The van der Waals surface area contributed by atoms with Gasteiger partial charge in [-0.15, -0.1) is 0 Å². The maximum Gasteiger partial charge on any atom is 0.295 e. The van der Waals surface area contributed by atoms with E-state index in [2.05, 4.69) is 6.92 Å². The van der Waals surface area contributed by atoms with Gasteiger partial charge < -0.3 is 14.7 Å². The van der Waals surface area contributed by atoms with Crippen molar-refractivity contribution in [3.8, 4) is 5.75 Å². The van der Waals surface area contributed by atoms with E-state index in [9.17, 15) is 14.7 Å². The van der Waals surface area contributed by atoms with Gasteiger partial charge in [0.25, 0.3) is 11.7 Å². The van der Waals surface area contributed by atoms with E-state index in [-0.39, 0.29) is 17.9 Å². The van der Waals surface area contributed by atoms with E-state index in [0.29, 0.717) is 17.9 Å². The third-order valence-corrected chi connectivity index (χ3v) is 6.00. The molecule has 5 nitrogen and oxygen atoms in total. The van der Waals surface area contributed by atoms with Gasteiger partial charge in [-0.25, -0.2) is 0 Å². The summed E-state index contributed by atoms with van der Waals surface area (Å²) in [5.41, 5.74) is 3.30. The van der Waals surface area contributed by atoms with Crippen LogP contribution in [0.25, 0.3) is 5.76 Å². The van der Waals surface area contributed by atoms with Crippen molar-refractivity contribution in [3.63, 3.8) is 0 Å². The van der Waals surface area contributed by atoms with E-state index in [1.807, 2.05) is 67.6 Å². The van der Waals surface area contributed by atoms with Gasteiger partial charge in [-0.05, 0) is 36.6 Å². The molecule has 0 radical (unpaired) electrons. The van der Waals surface area contributed by atoms with Crippen LogP contribution in [-0.2, 0) is 16.1 Å². The van der Waals surface area contributed by atoms with Crippen molar-refractivity contribution in [2.24, 2.45) is 0 Å². The third-order valence-electron chi connectivity index (χ3n) is 6.00. The average molecular weight is 456 g/mol. The van der Waals surface area contributed by atoms with Crippen molar-refractivity contribution < 1.29 is 19.4 Å². The van der Waals surface area contributed by atoms with Crippen LogP contribution in [0.1, 0.15) is 48.1 Å². The number of nitrogens with zero attached hydrogens (tertiary/aromatic N) is 1. The van der Waals surface area contributed by atoms with Crippen molar-refractivity contribution in [1.82, 2.24) is 4.90 Å². The summed E-state index contributed by atoms with van der Waals surface area (Å²) in [6.45, 7) is 4.91. The SMILES string of the molecule is CCCCOc1cccc(C(O)=C2C(=O)C(=O)N(Cc3ccccc3)C2c2ccc(C)cc2)c1. The number of amides is 1. The number of aryl methyl sites for hydroxylation is 1. The monoisotopic (exact) mass is 455 g/mol. The Labute approximate surface area is 200 Å². The highest BCUT2D eigenvalue weighted by molar-refractivity contribution is 6.46. The maximum atomic E-state index is 13.2. The minimum absolute atomic E-state index is 0.0930. The summed E-state index contributed by atoms with van der Waals surface area (Å²) in [5.74, 6) is -0.883. The van der Waals surface area contributed by atoms with Gasteiger partial charge in [-0.2, -0.15) is 0 Å². The van der Waals surface area contributed by atoms with E-state index in [1.54, 1.807) is 18.2 Å². The lowest BCUT2D eigenvalue weighted by Gasteiger charge is -2.25. The minimum atomic E-state index is -0.689. The standard InChI is InChI=1S/C29H29NO4/c1-3-4-17-34-24-12-8-11-23(18-24)27(31)25-26(22-15-13-20(2)14-16-22)30(29(33)28(25)32)19-21-9-6-5-7-10-21/h5-16,18,26,31H,3-4,17,19H2,1-2H3. The summed E-state index contributed by atoms with van der Waals surface area (Å²) >= 11 is 0. The number of carbonyl (C=O) groups excluding carboxylic acids is 2. The smallest absolute Gasteiger partial charge is 0.295 e. The van der Waals surface area contributed by atoms with Crippen LogP contribution in [0.2, 0.25) is 0 Å². The molecule has 3 aromatic rings. The van der Waals surface area contributed by atoms with Crippen LogP contribution >= 0.6 is 0 Å². The number of unbranched alkanes of at least 4 members (excludes halogenated alkanes) is 1. The van der Waals surface area contributed by atoms with Crippen LogP contribution in [-0.4, -0.2) is 28.3 Å². The summed E-state index contributed by atoms with van der Waals surface area (Å²) in [6.07, 6.45) is 1.94. The Balaban J connectivity index is 1.78. The molecule has 4 rings (SSSR count). The fraction of sp³-hybridized carbons (Fsp3) is 0.241. The molecule has 1 aliphatic rings. The predicted octanol–water partition coefficient (Wildman–Crippen LogP) is 5.80. The quantitative estimate of drug-likeness (QED) is 0.202.